The van der Waals surface area contributed by atoms with Crippen molar-refractivity contribution in [3.05, 3.63) is 18.2 Å². The van der Waals surface area contributed by atoms with Crippen LogP contribution in [-0.4, -0.2) is 20.0 Å². The van der Waals surface area contributed by atoms with Crippen LogP contribution in [0.2, 0.25) is 0 Å². The van der Waals surface area contributed by atoms with E-state index in [2.05, 4.69) is 15.3 Å². The molecule has 0 aliphatic rings. The van der Waals surface area contributed by atoms with Gasteiger partial charge >= 0.3 is 0 Å². The van der Waals surface area contributed by atoms with Crippen molar-refractivity contribution in [2.24, 2.45) is 7.05 Å². The van der Waals surface area contributed by atoms with Crippen LogP contribution in [0.15, 0.2) is 12.4 Å². The molecule has 3 N–H and O–H groups in total. The van der Waals surface area contributed by atoms with Gasteiger partial charge in [-0.3, -0.25) is 9.78 Å². The van der Waals surface area contributed by atoms with Gasteiger partial charge in [-0.25, -0.2) is 4.39 Å². The van der Waals surface area contributed by atoms with Crippen molar-refractivity contribution in [1.82, 2.24) is 20.0 Å². The number of nitrogens with two attached hydrogens (primary N) is 1. The molecule has 2 aromatic rings. The summed E-state index contributed by atoms with van der Waals surface area (Å²) in [6, 6.07) is 0. The van der Waals surface area contributed by atoms with Crippen LogP contribution in [0.25, 0.3) is 11.3 Å². The minimum atomic E-state index is -0.534. The first-order valence-corrected chi connectivity index (χ1v) is 3.67. The molecule has 0 bridgehead atoms. The monoisotopic (exact) mass is 181 g/mol. The zero-order valence-corrected chi connectivity index (χ0v) is 6.95. The van der Waals surface area contributed by atoms with Crippen LogP contribution in [0.1, 0.15) is 0 Å². The van der Waals surface area contributed by atoms with E-state index in [9.17, 15) is 4.39 Å². The number of hydrogen-bond acceptors (Lipinski definition) is 3. The number of halogens is 1. The van der Waals surface area contributed by atoms with E-state index in [1.807, 2.05) is 0 Å². The summed E-state index contributed by atoms with van der Waals surface area (Å²) >= 11 is 0. The highest BCUT2D eigenvalue weighted by atomic mass is 19.1. The van der Waals surface area contributed by atoms with Crippen LogP contribution < -0.4 is 5.73 Å². The average molecular weight is 181 g/mol. The summed E-state index contributed by atoms with van der Waals surface area (Å²) in [6.07, 6.45) is 3.21. The van der Waals surface area contributed by atoms with E-state index in [0.717, 1.165) is 0 Å². The Morgan fingerprint density at radius 1 is 1.62 bits per heavy atom. The molecule has 6 heteroatoms. The quantitative estimate of drug-likeness (QED) is 0.674. The van der Waals surface area contributed by atoms with Crippen molar-refractivity contribution in [3.8, 4) is 11.3 Å². The largest absolute Gasteiger partial charge is 0.380 e. The third kappa shape index (κ3) is 1.16. The van der Waals surface area contributed by atoms with E-state index in [-0.39, 0.29) is 11.5 Å². The molecule has 0 spiro atoms. The molecule has 68 valence electrons. The van der Waals surface area contributed by atoms with E-state index in [1.54, 1.807) is 17.9 Å². The number of nitrogen functional groups attached to an aromatic ring is 1. The zero-order valence-electron chi connectivity index (χ0n) is 6.95. The van der Waals surface area contributed by atoms with Crippen molar-refractivity contribution in [3.63, 3.8) is 0 Å². The maximum Gasteiger partial charge on any atom is 0.192 e. The van der Waals surface area contributed by atoms with Gasteiger partial charge in [-0.2, -0.15) is 10.2 Å². The Morgan fingerprint density at radius 2 is 2.38 bits per heavy atom. The Morgan fingerprint density at radius 3 is 2.85 bits per heavy atom. The third-order valence-corrected chi connectivity index (χ3v) is 1.73. The van der Waals surface area contributed by atoms with E-state index in [4.69, 9.17) is 5.73 Å². The molecular formula is C7H8FN5. The van der Waals surface area contributed by atoms with Crippen molar-refractivity contribution in [2.75, 3.05) is 5.73 Å². The molecule has 0 unspecified atom stereocenters. The second-order valence-corrected chi connectivity index (χ2v) is 2.70. The van der Waals surface area contributed by atoms with Crippen molar-refractivity contribution >= 4 is 5.82 Å². The van der Waals surface area contributed by atoms with E-state index in [1.165, 1.54) is 6.20 Å². The van der Waals surface area contributed by atoms with Crippen molar-refractivity contribution < 1.29 is 4.39 Å². The summed E-state index contributed by atoms with van der Waals surface area (Å²) in [5, 5.41) is 9.95. The number of aromatic amines is 1. The fourth-order valence-electron chi connectivity index (χ4n) is 1.08. The minimum Gasteiger partial charge on any atom is -0.380 e. The molecule has 2 heterocycles. The lowest BCUT2D eigenvalue weighted by Gasteiger charge is -1.89. The molecule has 5 nitrogen and oxygen atoms in total. The molecule has 0 atom stereocenters. The molecule has 2 rings (SSSR count). The lowest BCUT2D eigenvalue weighted by atomic mass is 10.2. The Hall–Kier alpha value is -1.85. The summed E-state index contributed by atoms with van der Waals surface area (Å²) in [6.45, 7) is 0. The molecule has 0 radical (unpaired) electrons. The molecular weight excluding hydrogens is 173 g/mol. The van der Waals surface area contributed by atoms with Gasteiger partial charge in [0.25, 0.3) is 0 Å². The number of hydrogen-bond donors (Lipinski definition) is 2. The normalized spacial score (nSPS) is 10.6. The molecule has 0 aliphatic carbocycles. The second-order valence-electron chi connectivity index (χ2n) is 2.70. The number of nitrogens with zero attached hydrogens (tertiary/aromatic N) is 3. The van der Waals surface area contributed by atoms with Gasteiger partial charge in [0.05, 0.1) is 6.20 Å². The average Bonchev–Trinajstić information content (AvgIpc) is 2.62. The number of aromatic nitrogens is 4. The number of H-pyrrole nitrogens is 1. The summed E-state index contributed by atoms with van der Waals surface area (Å²) < 4.78 is 14.8. The second kappa shape index (κ2) is 2.58. The zero-order chi connectivity index (χ0) is 9.42. The van der Waals surface area contributed by atoms with Gasteiger partial charge in [-0.05, 0) is 0 Å². The van der Waals surface area contributed by atoms with E-state index in [0.29, 0.717) is 5.56 Å². The van der Waals surface area contributed by atoms with Crippen LogP contribution in [0, 0.1) is 5.82 Å². The van der Waals surface area contributed by atoms with Gasteiger partial charge in [-0.1, -0.05) is 0 Å². The molecule has 13 heavy (non-hydrogen) atoms. The predicted molar refractivity (Wildman–Crippen MR) is 45.2 cm³/mol. The Labute approximate surface area is 73.4 Å². The van der Waals surface area contributed by atoms with Gasteiger partial charge < -0.3 is 5.73 Å². The first-order chi connectivity index (χ1) is 6.18. The fraction of sp³-hybridized carbons (Fsp3) is 0.143. The first kappa shape index (κ1) is 7.78. The van der Waals surface area contributed by atoms with Crippen molar-refractivity contribution in [2.45, 2.75) is 0 Å². The third-order valence-electron chi connectivity index (χ3n) is 1.73. The Balaban J connectivity index is 2.52. The number of aryl methyl sites for hydroxylation is 1. The molecule has 0 aromatic carbocycles. The summed E-state index contributed by atoms with van der Waals surface area (Å²) in [5.41, 5.74) is 6.14. The molecule has 0 aliphatic heterocycles. The minimum absolute atomic E-state index is 0.126. The predicted octanol–water partition coefficient (Wildman–Crippen LogP) is 0.532. The standard InChI is InChI=1S/C7H8FN5/c1-13-3-4(2-10-13)6-5(8)7(9)12-11-6/h2-3H,1H3,(H3,9,11,12). The smallest absolute Gasteiger partial charge is 0.192 e. The molecule has 0 fully saturated rings. The van der Waals surface area contributed by atoms with E-state index < -0.39 is 5.82 Å². The summed E-state index contributed by atoms with van der Waals surface area (Å²) in [5.74, 6) is -0.660. The van der Waals surface area contributed by atoms with Gasteiger partial charge in [0.1, 0.15) is 5.69 Å². The van der Waals surface area contributed by atoms with Crippen LogP contribution in [0.5, 0.6) is 0 Å². The topological polar surface area (TPSA) is 72.5 Å². The first-order valence-electron chi connectivity index (χ1n) is 3.67. The number of anilines is 1. The lowest BCUT2D eigenvalue weighted by molar-refractivity contribution is 0.636. The van der Waals surface area contributed by atoms with Crippen LogP contribution in [0.4, 0.5) is 10.2 Å². The molecule has 0 saturated heterocycles. The van der Waals surface area contributed by atoms with E-state index >= 15 is 0 Å². The summed E-state index contributed by atoms with van der Waals surface area (Å²) in [4.78, 5) is 0. The Kier molecular flexibility index (Phi) is 1.54. The number of rotatable bonds is 1. The lowest BCUT2D eigenvalue weighted by Crippen LogP contribution is -1.87. The van der Waals surface area contributed by atoms with Crippen LogP contribution in [0.3, 0.4) is 0 Å². The number of nitrogens with one attached hydrogen (secondary N) is 1. The van der Waals surface area contributed by atoms with Crippen molar-refractivity contribution in [1.29, 1.82) is 0 Å². The van der Waals surface area contributed by atoms with Gasteiger partial charge in [0.2, 0.25) is 0 Å². The maximum atomic E-state index is 13.2. The molecule has 0 amide bonds. The van der Waals surface area contributed by atoms with Crippen LogP contribution in [-0.2, 0) is 7.05 Å². The molecule has 0 saturated carbocycles. The van der Waals surface area contributed by atoms with Gasteiger partial charge in [-0.15, -0.1) is 0 Å². The molecule has 2 aromatic heterocycles. The van der Waals surface area contributed by atoms with Gasteiger partial charge in [0.15, 0.2) is 11.6 Å². The highest BCUT2D eigenvalue weighted by molar-refractivity contribution is 5.61. The summed E-state index contributed by atoms with van der Waals surface area (Å²) in [7, 11) is 1.75. The van der Waals surface area contributed by atoms with Crippen LogP contribution >= 0.6 is 0 Å². The maximum absolute atomic E-state index is 13.2. The van der Waals surface area contributed by atoms with Gasteiger partial charge in [0, 0.05) is 18.8 Å². The fourth-order valence-corrected chi connectivity index (χ4v) is 1.08. The highest BCUT2D eigenvalue weighted by Gasteiger charge is 2.12. The highest BCUT2D eigenvalue weighted by Crippen LogP contribution is 2.22. The Bertz CT molecular complexity index is 430. The SMILES string of the molecule is Cn1cc(-c2[nH]nc(N)c2F)cn1.